The van der Waals surface area contributed by atoms with Gasteiger partial charge in [0.2, 0.25) is 0 Å². The molecule has 0 bridgehead atoms. The molecule has 0 amide bonds. The summed E-state index contributed by atoms with van der Waals surface area (Å²) >= 11 is 0. The Balaban J connectivity index is 1.60. The number of fused-ring (bicyclic) bond motifs is 1. The highest BCUT2D eigenvalue weighted by Gasteiger charge is 2.32. The second-order valence-corrected chi connectivity index (χ2v) is 6.64. The molecule has 1 saturated heterocycles. The molecule has 0 aromatic heterocycles. The second-order valence-electron chi connectivity index (χ2n) is 6.64. The van der Waals surface area contributed by atoms with Crippen LogP contribution in [0, 0.1) is 0 Å². The Labute approximate surface area is 147 Å². The normalized spacial score (nSPS) is 19.5. The molecule has 2 aromatic rings. The number of benzene rings is 2. The third-order valence-electron chi connectivity index (χ3n) is 4.85. The lowest BCUT2D eigenvalue weighted by molar-refractivity contribution is 0.0456. The van der Waals surface area contributed by atoms with Gasteiger partial charge in [0.05, 0.1) is 18.8 Å². The summed E-state index contributed by atoms with van der Waals surface area (Å²) in [5.74, 6) is -0.249. The van der Waals surface area contributed by atoms with Crippen molar-refractivity contribution in [2.24, 2.45) is 0 Å². The van der Waals surface area contributed by atoms with Crippen LogP contribution in [0.4, 0.5) is 11.4 Å². The van der Waals surface area contributed by atoms with Gasteiger partial charge in [0.15, 0.2) is 6.10 Å². The molecular weight excluding hydrogens is 316 g/mol. The summed E-state index contributed by atoms with van der Waals surface area (Å²) in [6.07, 6.45) is -0.322. The maximum Gasteiger partial charge on any atom is 0.339 e. The molecule has 2 aromatic carbocycles. The van der Waals surface area contributed by atoms with Crippen molar-refractivity contribution in [2.75, 3.05) is 50.2 Å². The molecule has 2 aliphatic heterocycles. The number of carbonyl (C=O) groups is 1. The van der Waals surface area contributed by atoms with Crippen molar-refractivity contribution in [2.45, 2.75) is 6.10 Å². The first kappa shape index (κ1) is 16.0. The molecule has 2 heterocycles. The van der Waals surface area contributed by atoms with Crippen LogP contribution in [0.25, 0.3) is 0 Å². The van der Waals surface area contributed by atoms with Crippen LogP contribution >= 0.6 is 0 Å². The Bertz CT molecular complexity index is 780. The van der Waals surface area contributed by atoms with E-state index in [2.05, 4.69) is 29.2 Å². The number of hydrogen-bond donors (Lipinski definition) is 0. The molecule has 25 heavy (non-hydrogen) atoms. The van der Waals surface area contributed by atoms with E-state index in [0.717, 1.165) is 43.1 Å². The summed E-state index contributed by atoms with van der Waals surface area (Å²) in [7, 11) is 3.92. The summed E-state index contributed by atoms with van der Waals surface area (Å²) in [6, 6.07) is 14.2. The Hall–Kier alpha value is -2.53. The standard InChI is InChI=1S/C20H22N2O3/c1-21(2)16-7-8-17-18(13-16)20(23)25-19(17)14-3-5-15(6-4-14)22-9-11-24-12-10-22/h3-8,13,19H,9-12H2,1-2H3. The molecule has 1 fully saturated rings. The largest absolute Gasteiger partial charge is 0.449 e. The molecule has 0 radical (unpaired) electrons. The number of morpholine rings is 1. The topological polar surface area (TPSA) is 42.0 Å². The van der Waals surface area contributed by atoms with E-state index in [1.165, 1.54) is 5.69 Å². The Morgan fingerprint density at radius 2 is 1.76 bits per heavy atom. The van der Waals surface area contributed by atoms with Crippen molar-refractivity contribution in [3.05, 3.63) is 59.2 Å². The summed E-state index contributed by atoms with van der Waals surface area (Å²) in [4.78, 5) is 16.6. The average Bonchev–Trinajstić information content (AvgIpc) is 2.99. The van der Waals surface area contributed by atoms with Gasteiger partial charge in [0, 0.05) is 44.1 Å². The Morgan fingerprint density at radius 1 is 1.04 bits per heavy atom. The van der Waals surface area contributed by atoms with Crippen LogP contribution in [0.5, 0.6) is 0 Å². The van der Waals surface area contributed by atoms with Gasteiger partial charge in [0.25, 0.3) is 0 Å². The first-order chi connectivity index (χ1) is 12.1. The lowest BCUT2D eigenvalue weighted by Crippen LogP contribution is -2.36. The number of carbonyl (C=O) groups excluding carboxylic acids is 1. The fraction of sp³-hybridized carbons (Fsp3) is 0.350. The minimum atomic E-state index is -0.322. The van der Waals surface area contributed by atoms with Crippen molar-refractivity contribution in [3.63, 3.8) is 0 Å². The molecule has 5 nitrogen and oxygen atoms in total. The number of rotatable bonds is 3. The van der Waals surface area contributed by atoms with Crippen LogP contribution in [0.1, 0.15) is 27.6 Å². The molecule has 130 valence electrons. The Morgan fingerprint density at radius 3 is 2.44 bits per heavy atom. The fourth-order valence-corrected chi connectivity index (χ4v) is 3.39. The average molecular weight is 338 g/mol. The minimum Gasteiger partial charge on any atom is -0.449 e. The van der Waals surface area contributed by atoms with Crippen molar-refractivity contribution in [1.82, 2.24) is 0 Å². The predicted octanol–water partition coefficient (Wildman–Crippen LogP) is 2.85. The quantitative estimate of drug-likeness (QED) is 0.805. The maximum absolute atomic E-state index is 12.3. The molecule has 2 aliphatic rings. The number of cyclic esters (lactones) is 1. The van der Waals surface area contributed by atoms with Crippen molar-refractivity contribution in [3.8, 4) is 0 Å². The Kier molecular flexibility index (Phi) is 4.09. The minimum absolute atomic E-state index is 0.249. The summed E-state index contributed by atoms with van der Waals surface area (Å²) in [5, 5.41) is 0. The molecule has 1 unspecified atom stereocenters. The van der Waals surface area contributed by atoms with E-state index in [1.54, 1.807) is 0 Å². The first-order valence-corrected chi connectivity index (χ1v) is 8.58. The van der Waals surface area contributed by atoms with Gasteiger partial charge in [-0.3, -0.25) is 0 Å². The van der Waals surface area contributed by atoms with Gasteiger partial charge < -0.3 is 19.3 Å². The summed E-state index contributed by atoms with van der Waals surface area (Å²) in [5.41, 5.74) is 4.78. The highest BCUT2D eigenvalue weighted by atomic mass is 16.5. The van der Waals surface area contributed by atoms with E-state index in [4.69, 9.17) is 9.47 Å². The number of esters is 1. The molecule has 0 aliphatic carbocycles. The van der Waals surface area contributed by atoms with Crippen LogP contribution in [0.3, 0.4) is 0 Å². The maximum atomic E-state index is 12.3. The molecule has 1 atom stereocenters. The zero-order valence-electron chi connectivity index (χ0n) is 14.6. The molecule has 5 heteroatoms. The predicted molar refractivity (Wildman–Crippen MR) is 97.5 cm³/mol. The molecule has 4 rings (SSSR count). The van der Waals surface area contributed by atoms with Gasteiger partial charge in [-0.05, 0) is 29.8 Å². The SMILES string of the molecule is CN(C)c1ccc2c(c1)C(=O)OC2c1ccc(N2CCOCC2)cc1. The third-order valence-corrected chi connectivity index (χ3v) is 4.85. The van der Waals surface area contributed by atoms with Crippen molar-refractivity contribution in [1.29, 1.82) is 0 Å². The molecule has 0 N–H and O–H groups in total. The van der Waals surface area contributed by atoms with Gasteiger partial charge in [-0.2, -0.15) is 0 Å². The van der Waals surface area contributed by atoms with Crippen LogP contribution in [0.2, 0.25) is 0 Å². The first-order valence-electron chi connectivity index (χ1n) is 8.58. The summed E-state index contributed by atoms with van der Waals surface area (Å²) < 4.78 is 11.0. The second kappa shape index (κ2) is 6.41. The van der Waals surface area contributed by atoms with Gasteiger partial charge >= 0.3 is 5.97 Å². The van der Waals surface area contributed by atoms with Crippen LogP contribution in [0.15, 0.2) is 42.5 Å². The highest BCUT2D eigenvalue weighted by Crippen LogP contribution is 2.38. The number of nitrogens with zero attached hydrogens (tertiary/aromatic N) is 2. The van der Waals surface area contributed by atoms with Crippen molar-refractivity contribution < 1.29 is 14.3 Å². The number of anilines is 2. The van der Waals surface area contributed by atoms with Crippen LogP contribution in [-0.2, 0) is 9.47 Å². The van der Waals surface area contributed by atoms with Gasteiger partial charge in [-0.15, -0.1) is 0 Å². The highest BCUT2D eigenvalue weighted by molar-refractivity contribution is 5.95. The smallest absolute Gasteiger partial charge is 0.339 e. The van der Waals surface area contributed by atoms with Gasteiger partial charge in [-0.1, -0.05) is 18.2 Å². The third kappa shape index (κ3) is 2.96. The van der Waals surface area contributed by atoms with Gasteiger partial charge in [0.1, 0.15) is 0 Å². The van der Waals surface area contributed by atoms with Crippen LogP contribution in [-0.4, -0.2) is 46.4 Å². The van der Waals surface area contributed by atoms with E-state index in [-0.39, 0.29) is 12.1 Å². The fourth-order valence-electron chi connectivity index (χ4n) is 3.39. The number of ether oxygens (including phenoxy) is 2. The van der Waals surface area contributed by atoms with Crippen LogP contribution < -0.4 is 9.80 Å². The van der Waals surface area contributed by atoms with Gasteiger partial charge in [-0.25, -0.2) is 4.79 Å². The summed E-state index contributed by atoms with van der Waals surface area (Å²) in [6.45, 7) is 3.36. The van der Waals surface area contributed by atoms with E-state index >= 15 is 0 Å². The monoisotopic (exact) mass is 338 g/mol. The van der Waals surface area contributed by atoms with E-state index in [0.29, 0.717) is 5.56 Å². The molecule has 0 spiro atoms. The van der Waals surface area contributed by atoms with E-state index in [9.17, 15) is 4.79 Å². The lowest BCUT2D eigenvalue weighted by atomic mass is 9.98. The lowest BCUT2D eigenvalue weighted by Gasteiger charge is -2.29. The van der Waals surface area contributed by atoms with E-state index < -0.39 is 0 Å². The zero-order chi connectivity index (χ0) is 17.4. The van der Waals surface area contributed by atoms with E-state index in [1.807, 2.05) is 37.2 Å². The zero-order valence-corrected chi connectivity index (χ0v) is 14.6. The van der Waals surface area contributed by atoms with Crippen molar-refractivity contribution >= 4 is 17.3 Å². The number of hydrogen-bond acceptors (Lipinski definition) is 5. The molecular formula is C20H22N2O3. The molecule has 0 saturated carbocycles.